The lowest BCUT2D eigenvalue weighted by atomic mass is 9.88. The van der Waals surface area contributed by atoms with Gasteiger partial charge in [0.25, 0.3) is 5.79 Å². The van der Waals surface area contributed by atoms with Crippen LogP contribution in [0, 0.1) is 0 Å². The maximum absolute atomic E-state index is 13.5. The highest BCUT2D eigenvalue weighted by Gasteiger charge is 2.48. The van der Waals surface area contributed by atoms with Crippen molar-refractivity contribution in [2.45, 2.75) is 77.4 Å². The molecule has 14 heteroatoms. The van der Waals surface area contributed by atoms with Crippen molar-refractivity contribution in [2.24, 2.45) is 0 Å². The van der Waals surface area contributed by atoms with Gasteiger partial charge in [0.15, 0.2) is 23.0 Å². The van der Waals surface area contributed by atoms with Crippen LogP contribution in [0.3, 0.4) is 0 Å². The number of fused-ring (bicyclic) bond motifs is 1. The minimum absolute atomic E-state index is 0.153. The number of aromatic nitrogens is 2. The number of carbonyl (C=O) groups excluding carboxylic acids is 2. The predicted octanol–water partition coefficient (Wildman–Crippen LogP) is 9.55. The standard InChI is InChI=1S/C32H34N2O7S.C15H22O4/c1-5-6-7-8-15-40-30-27(38-3)17-20(18-28(30)39-4)16-24-29(21-9-14-25-26(19-21)34-42-33-25)31(35)41-32(24,36)22-10-12-23(37-2)13-11-22;1-4-5-6-7-8-19-15-13(17-2)9-12(11-16)10-14(15)18-3/h9-14,17-19,36H,5-8,15-16H2,1-4H3;9-11H,4-8H2,1-3H3. The molecule has 6 rings (SSSR count). The monoisotopic (exact) mass is 856 g/mol. The number of unbranched alkanes of at least 4 members (excludes halogenated alkanes) is 6. The molecule has 4 aromatic carbocycles. The Labute approximate surface area is 361 Å². The lowest BCUT2D eigenvalue weighted by molar-refractivity contribution is -0.185. The van der Waals surface area contributed by atoms with Crippen LogP contribution in [0.1, 0.15) is 92.3 Å². The predicted molar refractivity (Wildman–Crippen MR) is 235 cm³/mol. The first-order valence-corrected chi connectivity index (χ1v) is 21.2. The Balaban J connectivity index is 0.000000311. The van der Waals surface area contributed by atoms with Gasteiger partial charge in [-0.2, -0.15) is 8.75 Å². The van der Waals surface area contributed by atoms with Crippen molar-refractivity contribution in [1.82, 2.24) is 8.75 Å². The van der Waals surface area contributed by atoms with Gasteiger partial charge >= 0.3 is 5.97 Å². The van der Waals surface area contributed by atoms with Gasteiger partial charge in [-0.15, -0.1) is 0 Å². The molecule has 0 spiro atoms. The van der Waals surface area contributed by atoms with Gasteiger partial charge in [0.1, 0.15) is 23.1 Å². The molecule has 0 aliphatic carbocycles. The van der Waals surface area contributed by atoms with E-state index in [1.165, 1.54) is 12.8 Å². The van der Waals surface area contributed by atoms with Crippen LogP contribution in [0.2, 0.25) is 0 Å². The second kappa shape index (κ2) is 22.7. The van der Waals surface area contributed by atoms with Gasteiger partial charge in [0.2, 0.25) is 11.5 Å². The van der Waals surface area contributed by atoms with Gasteiger partial charge < -0.3 is 43.0 Å². The summed E-state index contributed by atoms with van der Waals surface area (Å²) in [5.74, 6) is 1.06. The molecule has 5 aromatic rings. The molecule has 0 bridgehead atoms. The Morgan fingerprint density at radius 1 is 0.672 bits per heavy atom. The molecule has 0 amide bonds. The fourth-order valence-corrected chi connectivity index (χ4v) is 7.44. The number of esters is 1. The number of aldehydes is 1. The highest BCUT2D eigenvalue weighted by Crippen LogP contribution is 2.47. The number of aliphatic hydroxyl groups is 1. The van der Waals surface area contributed by atoms with E-state index < -0.39 is 11.8 Å². The molecule has 0 saturated carbocycles. The molecule has 13 nitrogen and oxygen atoms in total. The molecule has 0 fully saturated rings. The zero-order chi connectivity index (χ0) is 43.8. The molecule has 1 aliphatic rings. The molecule has 2 heterocycles. The highest BCUT2D eigenvalue weighted by molar-refractivity contribution is 7.00. The van der Waals surface area contributed by atoms with Crippen LogP contribution >= 0.6 is 11.7 Å². The van der Waals surface area contributed by atoms with Crippen LogP contribution in [0.4, 0.5) is 0 Å². The summed E-state index contributed by atoms with van der Waals surface area (Å²) in [4.78, 5) is 24.3. The van der Waals surface area contributed by atoms with E-state index in [0.29, 0.717) is 81.2 Å². The first kappa shape index (κ1) is 46.2. The van der Waals surface area contributed by atoms with Gasteiger partial charge in [0.05, 0.1) is 66.1 Å². The van der Waals surface area contributed by atoms with Gasteiger partial charge in [-0.25, -0.2) is 4.79 Å². The Morgan fingerprint density at radius 3 is 1.72 bits per heavy atom. The SMILES string of the molecule is CCCCCCOc1c(OC)cc(C=O)cc1OC.CCCCCCOc1c(OC)cc(CC2=C(c3ccc4nsnc4c3)C(=O)OC2(O)c2ccc(OC)cc2)cc1OC. The Morgan fingerprint density at radius 2 is 1.21 bits per heavy atom. The van der Waals surface area contributed by atoms with Crippen LogP contribution in [0.5, 0.6) is 40.2 Å². The molecule has 1 aliphatic heterocycles. The summed E-state index contributed by atoms with van der Waals surface area (Å²) in [5.41, 5.74) is 4.22. The molecular weight excluding hydrogens is 801 g/mol. The molecule has 0 radical (unpaired) electrons. The minimum atomic E-state index is -2.02. The van der Waals surface area contributed by atoms with Gasteiger partial charge in [0, 0.05) is 23.1 Å². The van der Waals surface area contributed by atoms with Crippen LogP contribution < -0.4 is 33.2 Å². The number of cyclic esters (lactones) is 1. The number of benzene rings is 4. The topological polar surface area (TPSA) is 154 Å². The van der Waals surface area contributed by atoms with E-state index in [4.69, 9.17) is 37.9 Å². The molecule has 326 valence electrons. The van der Waals surface area contributed by atoms with E-state index in [1.807, 2.05) is 12.1 Å². The number of carbonyl (C=O) groups is 2. The molecular formula is C47H56N2O11S. The molecule has 0 saturated heterocycles. The Bertz CT molecular complexity index is 2210. The molecule has 61 heavy (non-hydrogen) atoms. The number of rotatable bonds is 22. The number of ether oxygens (including phenoxy) is 8. The second-order valence-electron chi connectivity index (χ2n) is 14.3. The smallest absolute Gasteiger partial charge is 0.342 e. The van der Waals surface area contributed by atoms with Crippen LogP contribution in [-0.2, 0) is 21.7 Å². The summed E-state index contributed by atoms with van der Waals surface area (Å²) in [6.45, 7) is 5.49. The van der Waals surface area contributed by atoms with Crippen molar-refractivity contribution in [3.05, 3.63) is 94.6 Å². The van der Waals surface area contributed by atoms with Crippen LogP contribution in [0.15, 0.2) is 72.3 Å². The molecule has 1 atom stereocenters. The van der Waals surface area contributed by atoms with Crippen LogP contribution in [0.25, 0.3) is 16.6 Å². The third kappa shape index (κ3) is 11.3. The van der Waals surface area contributed by atoms with E-state index in [0.717, 1.165) is 67.6 Å². The van der Waals surface area contributed by atoms with Gasteiger partial charge in [-0.1, -0.05) is 58.4 Å². The van der Waals surface area contributed by atoms with Crippen LogP contribution in [-0.4, -0.2) is 74.9 Å². The van der Waals surface area contributed by atoms with Crippen molar-refractivity contribution in [1.29, 1.82) is 0 Å². The van der Waals surface area contributed by atoms with Gasteiger partial charge in [-0.3, -0.25) is 4.79 Å². The fraction of sp³-hybridized carbons (Fsp3) is 0.404. The van der Waals surface area contributed by atoms with E-state index in [1.54, 1.807) is 90.1 Å². The van der Waals surface area contributed by atoms with Gasteiger partial charge in [-0.05, 0) is 84.6 Å². The molecule has 1 N–H and O–H groups in total. The lowest BCUT2D eigenvalue weighted by Gasteiger charge is -2.26. The highest BCUT2D eigenvalue weighted by atomic mass is 32.1. The zero-order valence-corrected chi connectivity index (χ0v) is 36.9. The first-order chi connectivity index (χ1) is 29.7. The van der Waals surface area contributed by atoms with E-state index in [2.05, 4.69) is 22.6 Å². The van der Waals surface area contributed by atoms with Crippen molar-refractivity contribution in [3.8, 4) is 40.2 Å². The average molecular weight is 857 g/mol. The van der Waals surface area contributed by atoms with Crippen molar-refractivity contribution >= 4 is 40.6 Å². The first-order valence-electron chi connectivity index (χ1n) is 20.5. The normalized spacial score (nSPS) is 14.5. The zero-order valence-electron chi connectivity index (χ0n) is 36.0. The number of nitrogens with zero attached hydrogens (tertiary/aromatic N) is 2. The van der Waals surface area contributed by atoms with E-state index >= 15 is 0 Å². The molecule has 1 aromatic heterocycles. The quantitative estimate of drug-likeness (QED) is 0.0400. The van der Waals surface area contributed by atoms with Crippen molar-refractivity contribution in [2.75, 3.05) is 48.8 Å². The lowest BCUT2D eigenvalue weighted by Crippen LogP contribution is -2.29. The van der Waals surface area contributed by atoms with Crippen molar-refractivity contribution in [3.63, 3.8) is 0 Å². The third-order valence-electron chi connectivity index (χ3n) is 10.2. The second-order valence-corrected chi connectivity index (χ2v) is 14.8. The Hall–Kier alpha value is -5.86. The number of methoxy groups -OCH3 is 5. The minimum Gasteiger partial charge on any atom is -0.497 e. The average Bonchev–Trinajstić information content (AvgIpc) is 3.86. The number of hydrogen-bond donors (Lipinski definition) is 1. The number of hydrogen-bond acceptors (Lipinski definition) is 14. The largest absolute Gasteiger partial charge is 0.497 e. The van der Waals surface area contributed by atoms with E-state index in [9.17, 15) is 14.7 Å². The summed E-state index contributed by atoms with van der Waals surface area (Å²) in [6.07, 6.45) is 9.75. The van der Waals surface area contributed by atoms with Crippen molar-refractivity contribution < 1.29 is 52.6 Å². The summed E-state index contributed by atoms with van der Waals surface area (Å²) >= 11 is 1.09. The summed E-state index contributed by atoms with van der Waals surface area (Å²) in [5, 5.41) is 12.1. The van der Waals surface area contributed by atoms with E-state index in [-0.39, 0.29) is 12.0 Å². The Kier molecular flexibility index (Phi) is 17.2. The maximum Gasteiger partial charge on any atom is 0.342 e. The summed E-state index contributed by atoms with van der Waals surface area (Å²) in [7, 11) is 7.80. The maximum atomic E-state index is 13.5. The third-order valence-corrected chi connectivity index (χ3v) is 10.7. The fourth-order valence-electron chi connectivity index (χ4n) is 6.93. The summed E-state index contributed by atoms with van der Waals surface area (Å²) in [6, 6.07) is 19.1. The summed E-state index contributed by atoms with van der Waals surface area (Å²) < 4.78 is 53.3. The molecule has 1 unspecified atom stereocenters.